The van der Waals surface area contributed by atoms with Gasteiger partial charge in [-0.05, 0) is 30.4 Å². The van der Waals surface area contributed by atoms with Crippen molar-refractivity contribution in [2.45, 2.75) is 64.1 Å². The van der Waals surface area contributed by atoms with E-state index in [1.807, 2.05) is 0 Å². The van der Waals surface area contributed by atoms with E-state index >= 15 is 0 Å². The smallest absolute Gasteiger partial charge is 0.172 e. The maximum Gasteiger partial charge on any atom is 0.172 e. The zero-order valence-electron chi connectivity index (χ0n) is 16.7. The van der Waals surface area contributed by atoms with Crippen LogP contribution < -0.4 is 24.8 Å². The Balaban J connectivity index is -0.00000147. The minimum atomic E-state index is -1.49. The van der Waals surface area contributed by atoms with Crippen LogP contribution in [0.4, 0.5) is 0 Å². The van der Waals surface area contributed by atoms with Gasteiger partial charge in [-0.3, -0.25) is 0 Å². The second-order valence-electron chi connectivity index (χ2n) is 9.20. The van der Waals surface area contributed by atoms with Gasteiger partial charge in [0, 0.05) is 25.5 Å². The van der Waals surface area contributed by atoms with E-state index in [0.29, 0.717) is 5.16 Å². The molecule has 0 heterocycles. The van der Waals surface area contributed by atoms with E-state index in [1.165, 1.54) is 11.3 Å². The number of hydrogen-bond acceptors (Lipinski definition) is 1. The molecule has 1 nitrogen and oxygen atoms in total. The Labute approximate surface area is 178 Å². The van der Waals surface area contributed by atoms with Gasteiger partial charge in [0.1, 0.15) is 0 Å². The van der Waals surface area contributed by atoms with E-state index < -0.39 is 24.4 Å². The molecular formula is C17H33Cl2GaNSi3-2. The van der Waals surface area contributed by atoms with Crippen LogP contribution in [0, 0.1) is 0 Å². The molecule has 0 unspecified atom stereocenters. The number of nitrogens with zero attached hydrogens (tertiary/aromatic N) is 1. The summed E-state index contributed by atoms with van der Waals surface area (Å²) in [5.74, 6) is 0. The van der Waals surface area contributed by atoms with Crippen molar-refractivity contribution in [3.63, 3.8) is 0 Å². The topological polar surface area (TPSA) is 12.4 Å². The molecule has 1 aromatic rings. The van der Waals surface area contributed by atoms with Gasteiger partial charge in [-0.1, -0.05) is 69.6 Å². The van der Waals surface area contributed by atoms with E-state index in [0.717, 1.165) is 0 Å². The van der Waals surface area contributed by atoms with Gasteiger partial charge in [0.2, 0.25) is 0 Å². The third-order valence-electron chi connectivity index (χ3n) is 3.53. The number of hydrogen-bond donors (Lipinski definition) is 0. The molecule has 0 aromatic heterocycles. The second kappa shape index (κ2) is 10.8. The predicted octanol–water partition coefficient (Wildman–Crippen LogP) is -0.476. The van der Waals surface area contributed by atoms with Crippen molar-refractivity contribution in [2.24, 2.45) is 4.66 Å². The summed E-state index contributed by atoms with van der Waals surface area (Å²) in [4.78, 5) is 0. The Kier molecular flexibility index (Phi) is 13.3. The Morgan fingerprint density at radius 1 is 0.750 bits per heavy atom. The SMILES string of the molecule is C[Si](C)(C)N=C(c1ccccc1)C([Si](C)(C)C)[Si](C)(C)C.[Cl-].[Cl-].[Ga]. The predicted molar refractivity (Wildman–Crippen MR) is 113 cm³/mol. The Morgan fingerprint density at radius 2 is 1.12 bits per heavy atom. The van der Waals surface area contributed by atoms with Crippen LogP contribution in [0.1, 0.15) is 5.56 Å². The van der Waals surface area contributed by atoms with Crippen LogP contribution >= 0.6 is 0 Å². The summed E-state index contributed by atoms with van der Waals surface area (Å²) in [5.41, 5.74) is 2.78. The van der Waals surface area contributed by atoms with Crippen molar-refractivity contribution in [1.29, 1.82) is 0 Å². The first-order valence-corrected chi connectivity index (χ1v) is 18.6. The normalized spacial score (nSPS) is 12.8. The number of benzene rings is 1. The van der Waals surface area contributed by atoms with Crippen LogP contribution in [-0.4, -0.2) is 49.9 Å². The molecule has 0 N–H and O–H groups in total. The molecule has 0 spiro atoms. The number of rotatable bonds is 5. The Morgan fingerprint density at radius 3 is 1.42 bits per heavy atom. The quantitative estimate of drug-likeness (QED) is 0.403. The standard InChI is InChI=1S/C17H33NSi3.2ClH.Ga/c1-19(2,3)17(20(4,5)6)16(18-21(7,8)9)15-13-11-10-12-14-15;;;/h10-14,17H,1-9H3;2*1H;/p-2. The maximum atomic E-state index is 5.34. The monoisotopic (exact) mass is 474 g/mol. The van der Waals surface area contributed by atoms with E-state index in [-0.39, 0.29) is 44.6 Å². The van der Waals surface area contributed by atoms with Crippen molar-refractivity contribution in [3.8, 4) is 0 Å². The van der Waals surface area contributed by atoms with Gasteiger partial charge < -0.3 is 29.5 Å². The fourth-order valence-corrected chi connectivity index (χ4v) is 17.1. The maximum absolute atomic E-state index is 5.34. The third kappa shape index (κ3) is 9.45. The molecule has 0 saturated heterocycles. The van der Waals surface area contributed by atoms with Gasteiger partial charge in [-0.25, -0.2) is 0 Å². The molecule has 0 bridgehead atoms. The molecule has 0 aliphatic heterocycles. The Hall–Kier alpha value is 0.757. The van der Waals surface area contributed by atoms with E-state index in [4.69, 9.17) is 4.66 Å². The molecule has 1 rings (SSSR count). The summed E-state index contributed by atoms with van der Waals surface area (Å²) in [6.07, 6.45) is 0. The first kappa shape index (κ1) is 29.5. The van der Waals surface area contributed by atoms with Gasteiger partial charge in [-0.2, -0.15) is 0 Å². The van der Waals surface area contributed by atoms with Crippen molar-refractivity contribution >= 4 is 49.9 Å². The van der Waals surface area contributed by atoms with Gasteiger partial charge in [0.05, 0.1) is 16.1 Å². The molecule has 7 heteroatoms. The van der Waals surface area contributed by atoms with Crippen LogP contribution in [0.3, 0.4) is 0 Å². The first-order chi connectivity index (χ1) is 9.32. The van der Waals surface area contributed by atoms with Gasteiger partial charge in [0.25, 0.3) is 0 Å². The second-order valence-corrected chi connectivity index (χ2v) is 25.0. The summed E-state index contributed by atoms with van der Waals surface area (Å²) in [5, 5.41) is 0.708. The molecule has 0 fully saturated rings. The third-order valence-corrected chi connectivity index (χ3v) is 13.6. The molecule has 0 aliphatic carbocycles. The zero-order chi connectivity index (χ0) is 16.5. The van der Waals surface area contributed by atoms with Crippen molar-refractivity contribution in [3.05, 3.63) is 35.9 Å². The Bertz CT molecular complexity index is 489. The molecule has 0 saturated carbocycles. The summed E-state index contributed by atoms with van der Waals surface area (Å²) in [7, 11) is -4.12. The molecule has 3 radical (unpaired) electrons. The molecule has 0 amide bonds. The average molecular weight is 476 g/mol. The van der Waals surface area contributed by atoms with Crippen LogP contribution in [0.25, 0.3) is 0 Å². The van der Waals surface area contributed by atoms with Crippen LogP contribution in [0.5, 0.6) is 0 Å². The molecule has 0 atom stereocenters. The zero-order valence-corrected chi connectivity index (χ0v) is 23.7. The number of halogens is 2. The van der Waals surface area contributed by atoms with Crippen molar-refractivity contribution < 1.29 is 24.8 Å². The average Bonchev–Trinajstić information content (AvgIpc) is 2.23. The van der Waals surface area contributed by atoms with Crippen LogP contribution in [0.15, 0.2) is 35.0 Å². The van der Waals surface area contributed by atoms with Gasteiger partial charge in [0.15, 0.2) is 8.24 Å². The van der Waals surface area contributed by atoms with Crippen molar-refractivity contribution in [1.82, 2.24) is 0 Å². The minimum Gasteiger partial charge on any atom is -1.00 e. The summed E-state index contributed by atoms with van der Waals surface area (Å²) in [6, 6.07) is 10.9. The van der Waals surface area contributed by atoms with Gasteiger partial charge >= 0.3 is 0 Å². The summed E-state index contributed by atoms with van der Waals surface area (Å²) in [6.45, 7) is 22.1. The molecule has 24 heavy (non-hydrogen) atoms. The van der Waals surface area contributed by atoms with Crippen molar-refractivity contribution in [2.75, 3.05) is 0 Å². The summed E-state index contributed by atoms with van der Waals surface area (Å²) < 4.78 is 5.34. The fraction of sp³-hybridized carbons (Fsp3) is 0.588. The van der Waals surface area contributed by atoms with Crippen LogP contribution in [-0.2, 0) is 0 Å². The largest absolute Gasteiger partial charge is 1.00 e. The summed E-state index contributed by atoms with van der Waals surface area (Å²) >= 11 is 0. The molecule has 0 aliphatic rings. The molecule has 137 valence electrons. The fourth-order valence-electron chi connectivity index (χ4n) is 3.39. The molecular weight excluding hydrogens is 443 g/mol. The van der Waals surface area contributed by atoms with E-state index in [2.05, 4.69) is 89.3 Å². The van der Waals surface area contributed by atoms with Gasteiger partial charge in [-0.15, -0.1) is 0 Å². The van der Waals surface area contributed by atoms with E-state index in [9.17, 15) is 0 Å². The van der Waals surface area contributed by atoms with E-state index in [1.54, 1.807) is 0 Å². The first-order valence-electron chi connectivity index (χ1n) is 7.97. The molecule has 1 aromatic carbocycles. The van der Waals surface area contributed by atoms with Crippen LogP contribution in [0.2, 0.25) is 64.1 Å². The minimum absolute atomic E-state index is 0.